The van der Waals surface area contributed by atoms with Gasteiger partial charge in [-0.25, -0.2) is 15.0 Å². The predicted octanol–water partition coefficient (Wildman–Crippen LogP) is 4.38. The SMILES string of the molecule is CC(Nc1cc(-c2ccnc(N3C[C@@H]4C[C@H]3CN4C(C)C)n2)ccn1)c1ccccc1. The van der Waals surface area contributed by atoms with Crippen molar-refractivity contribution in [3.05, 3.63) is 66.5 Å². The Kier molecular flexibility index (Phi) is 5.32. The lowest BCUT2D eigenvalue weighted by atomic mass is 10.1. The highest BCUT2D eigenvalue weighted by Crippen LogP contribution is 2.34. The molecule has 0 saturated carbocycles. The van der Waals surface area contributed by atoms with Crippen LogP contribution in [0.3, 0.4) is 0 Å². The van der Waals surface area contributed by atoms with Crippen LogP contribution >= 0.6 is 0 Å². The molecule has 2 bridgehead atoms. The van der Waals surface area contributed by atoms with Crippen molar-refractivity contribution in [1.82, 2.24) is 19.9 Å². The smallest absolute Gasteiger partial charge is 0.226 e. The zero-order chi connectivity index (χ0) is 21.4. The molecule has 0 amide bonds. The number of likely N-dealkylation sites (tertiary alicyclic amines) is 1. The lowest BCUT2D eigenvalue weighted by Gasteiger charge is -2.36. The van der Waals surface area contributed by atoms with E-state index in [1.54, 1.807) is 0 Å². The maximum Gasteiger partial charge on any atom is 0.226 e. The molecule has 2 aromatic heterocycles. The summed E-state index contributed by atoms with van der Waals surface area (Å²) < 4.78 is 0. The second-order valence-electron chi connectivity index (χ2n) is 8.93. The van der Waals surface area contributed by atoms with Gasteiger partial charge in [0, 0.05) is 55.2 Å². The Morgan fingerprint density at radius 2 is 1.74 bits per heavy atom. The van der Waals surface area contributed by atoms with Gasteiger partial charge in [-0.2, -0.15) is 0 Å². The third-order valence-corrected chi connectivity index (χ3v) is 6.57. The van der Waals surface area contributed by atoms with Gasteiger partial charge in [0.15, 0.2) is 0 Å². The number of fused-ring (bicyclic) bond motifs is 2. The van der Waals surface area contributed by atoms with E-state index in [0.717, 1.165) is 36.1 Å². The fourth-order valence-electron chi connectivity index (χ4n) is 4.94. The first kappa shape index (κ1) is 19.9. The van der Waals surface area contributed by atoms with E-state index >= 15 is 0 Å². The molecule has 2 aliphatic heterocycles. The molecule has 31 heavy (non-hydrogen) atoms. The Morgan fingerprint density at radius 3 is 2.48 bits per heavy atom. The van der Waals surface area contributed by atoms with E-state index in [2.05, 4.69) is 76.2 Å². The van der Waals surface area contributed by atoms with Crippen LogP contribution in [-0.4, -0.2) is 51.1 Å². The van der Waals surface area contributed by atoms with E-state index in [4.69, 9.17) is 4.98 Å². The van der Waals surface area contributed by atoms with Crippen molar-refractivity contribution in [3.63, 3.8) is 0 Å². The van der Waals surface area contributed by atoms with Crippen molar-refractivity contribution >= 4 is 11.8 Å². The first-order chi connectivity index (χ1) is 15.1. The molecule has 160 valence electrons. The number of anilines is 2. The second-order valence-corrected chi connectivity index (χ2v) is 8.93. The summed E-state index contributed by atoms with van der Waals surface area (Å²) in [7, 11) is 0. The van der Waals surface area contributed by atoms with Gasteiger partial charge in [-0.15, -0.1) is 0 Å². The molecule has 6 heteroatoms. The van der Waals surface area contributed by atoms with Gasteiger partial charge in [0.1, 0.15) is 5.82 Å². The van der Waals surface area contributed by atoms with Crippen LogP contribution in [0.4, 0.5) is 11.8 Å². The van der Waals surface area contributed by atoms with E-state index < -0.39 is 0 Å². The number of hydrogen-bond donors (Lipinski definition) is 1. The molecule has 0 aliphatic carbocycles. The second kappa shape index (κ2) is 8.27. The Balaban J connectivity index is 1.33. The quantitative estimate of drug-likeness (QED) is 0.646. The van der Waals surface area contributed by atoms with Gasteiger partial charge >= 0.3 is 0 Å². The average Bonchev–Trinajstić information content (AvgIpc) is 3.41. The summed E-state index contributed by atoms with van der Waals surface area (Å²) in [6, 6.07) is 18.4. The average molecular weight is 415 g/mol. The zero-order valence-electron chi connectivity index (χ0n) is 18.4. The van der Waals surface area contributed by atoms with Crippen molar-refractivity contribution in [3.8, 4) is 11.3 Å². The van der Waals surface area contributed by atoms with Gasteiger partial charge in [-0.1, -0.05) is 30.3 Å². The summed E-state index contributed by atoms with van der Waals surface area (Å²) in [5.41, 5.74) is 3.22. The molecule has 3 atom stereocenters. The van der Waals surface area contributed by atoms with E-state index in [-0.39, 0.29) is 6.04 Å². The van der Waals surface area contributed by atoms with Crippen molar-refractivity contribution in [2.24, 2.45) is 0 Å². The number of nitrogens with zero attached hydrogens (tertiary/aromatic N) is 5. The van der Waals surface area contributed by atoms with Gasteiger partial charge in [0.2, 0.25) is 5.95 Å². The molecular weight excluding hydrogens is 384 g/mol. The summed E-state index contributed by atoms with van der Waals surface area (Å²) in [4.78, 5) is 19.1. The van der Waals surface area contributed by atoms with Gasteiger partial charge in [0.25, 0.3) is 0 Å². The maximum atomic E-state index is 4.93. The fraction of sp³-hybridized carbons (Fsp3) is 0.400. The molecule has 6 nitrogen and oxygen atoms in total. The summed E-state index contributed by atoms with van der Waals surface area (Å²) in [6.07, 6.45) is 4.94. The lowest BCUT2D eigenvalue weighted by Crippen LogP contribution is -2.49. The standard InChI is InChI=1S/C25H30N6/c1-17(2)30-15-22-14-21(30)16-31(22)25-27-12-10-23(29-25)20-9-11-26-24(13-20)28-18(3)19-7-5-4-6-8-19/h4-13,17-18,21-22H,14-16H2,1-3H3,(H,26,28)/t18?,21-,22-/m0/s1. The molecule has 1 N–H and O–H groups in total. The third kappa shape index (κ3) is 4.00. The van der Waals surface area contributed by atoms with Gasteiger partial charge in [-0.05, 0) is 51.0 Å². The van der Waals surface area contributed by atoms with Crippen molar-refractivity contribution in [2.45, 2.75) is 51.4 Å². The first-order valence-electron chi connectivity index (χ1n) is 11.2. The highest BCUT2D eigenvalue weighted by atomic mass is 15.4. The van der Waals surface area contributed by atoms with E-state index in [1.165, 1.54) is 12.0 Å². The summed E-state index contributed by atoms with van der Waals surface area (Å²) >= 11 is 0. The number of aromatic nitrogens is 3. The molecule has 2 fully saturated rings. The van der Waals surface area contributed by atoms with Crippen LogP contribution in [0.5, 0.6) is 0 Å². The summed E-state index contributed by atoms with van der Waals surface area (Å²) in [6.45, 7) is 8.85. The number of hydrogen-bond acceptors (Lipinski definition) is 6. The van der Waals surface area contributed by atoms with Crippen LogP contribution < -0.4 is 10.2 Å². The van der Waals surface area contributed by atoms with Crippen LogP contribution in [0.25, 0.3) is 11.3 Å². The Bertz CT molecular complexity index is 1040. The van der Waals surface area contributed by atoms with Crippen LogP contribution in [0.1, 0.15) is 38.8 Å². The van der Waals surface area contributed by atoms with Gasteiger partial charge in [0.05, 0.1) is 5.69 Å². The van der Waals surface area contributed by atoms with Crippen molar-refractivity contribution < 1.29 is 0 Å². The predicted molar refractivity (Wildman–Crippen MR) is 125 cm³/mol. The topological polar surface area (TPSA) is 57.2 Å². The van der Waals surface area contributed by atoms with Crippen molar-refractivity contribution in [2.75, 3.05) is 23.3 Å². The van der Waals surface area contributed by atoms with Crippen molar-refractivity contribution in [1.29, 1.82) is 0 Å². The fourth-order valence-corrected chi connectivity index (χ4v) is 4.94. The van der Waals surface area contributed by atoms with Crippen LogP contribution in [0.2, 0.25) is 0 Å². The monoisotopic (exact) mass is 414 g/mol. The highest BCUT2D eigenvalue weighted by molar-refractivity contribution is 5.64. The summed E-state index contributed by atoms with van der Waals surface area (Å²) in [5.74, 6) is 1.69. The molecule has 5 rings (SSSR count). The van der Waals surface area contributed by atoms with Gasteiger partial charge < -0.3 is 10.2 Å². The number of rotatable bonds is 6. The zero-order valence-corrected chi connectivity index (χ0v) is 18.4. The minimum Gasteiger partial charge on any atom is -0.364 e. The minimum atomic E-state index is 0.175. The molecule has 1 unspecified atom stereocenters. The van der Waals surface area contributed by atoms with E-state index in [1.807, 2.05) is 30.6 Å². The van der Waals surface area contributed by atoms with Gasteiger partial charge in [-0.3, -0.25) is 4.90 Å². The third-order valence-electron chi connectivity index (χ3n) is 6.57. The number of benzene rings is 1. The number of nitrogens with one attached hydrogen (secondary N) is 1. The van der Waals surface area contributed by atoms with Crippen LogP contribution in [0.15, 0.2) is 60.9 Å². The number of pyridine rings is 1. The Hall–Kier alpha value is -2.99. The molecule has 4 heterocycles. The minimum absolute atomic E-state index is 0.175. The van der Waals surface area contributed by atoms with E-state index in [9.17, 15) is 0 Å². The highest BCUT2D eigenvalue weighted by Gasteiger charge is 2.44. The first-order valence-corrected chi connectivity index (χ1v) is 11.2. The molecule has 2 saturated heterocycles. The largest absolute Gasteiger partial charge is 0.364 e. The molecule has 0 radical (unpaired) electrons. The van der Waals surface area contributed by atoms with Crippen LogP contribution in [0, 0.1) is 0 Å². The normalized spacial score (nSPS) is 21.6. The van der Waals surface area contributed by atoms with E-state index in [0.29, 0.717) is 18.1 Å². The lowest BCUT2D eigenvalue weighted by molar-refractivity contribution is 0.190. The molecule has 0 spiro atoms. The molecule has 3 aromatic rings. The number of piperazine rings is 1. The molecular formula is C25H30N6. The maximum absolute atomic E-state index is 4.93. The molecule has 1 aromatic carbocycles. The Labute approximate surface area is 184 Å². The summed E-state index contributed by atoms with van der Waals surface area (Å²) in [5, 5.41) is 3.50. The molecule has 2 aliphatic rings. The Morgan fingerprint density at radius 1 is 0.935 bits per heavy atom. The van der Waals surface area contributed by atoms with Crippen LogP contribution in [-0.2, 0) is 0 Å².